The highest BCUT2D eigenvalue weighted by Gasteiger charge is 2.39. The lowest BCUT2D eigenvalue weighted by atomic mass is 9.98. The van der Waals surface area contributed by atoms with E-state index in [2.05, 4.69) is 45.1 Å². The van der Waals surface area contributed by atoms with E-state index < -0.39 is 0 Å². The van der Waals surface area contributed by atoms with Crippen LogP contribution in [-0.4, -0.2) is 18.2 Å². The predicted octanol–water partition coefficient (Wildman–Crippen LogP) is 3.22. The second-order valence-corrected chi connectivity index (χ2v) is 6.27. The van der Waals surface area contributed by atoms with Gasteiger partial charge in [0.15, 0.2) is 11.5 Å². The van der Waals surface area contributed by atoms with Crippen LogP contribution < -0.4 is 14.8 Å². The Labute approximate surface area is 115 Å². The zero-order chi connectivity index (χ0) is 13.6. The number of ether oxygens (including phenoxy) is 2. The van der Waals surface area contributed by atoms with E-state index in [9.17, 15) is 0 Å². The summed E-state index contributed by atoms with van der Waals surface area (Å²) in [6.07, 6.45) is 2.26. The molecule has 2 heterocycles. The molecule has 104 valence electrons. The molecule has 2 aliphatic heterocycles. The van der Waals surface area contributed by atoms with Crippen LogP contribution in [0, 0.1) is 0 Å². The third-order valence-corrected chi connectivity index (χ3v) is 3.94. The minimum Gasteiger partial charge on any atom is -0.484 e. The van der Waals surface area contributed by atoms with Gasteiger partial charge in [0.25, 0.3) is 0 Å². The molecule has 0 saturated carbocycles. The average molecular weight is 261 g/mol. The molecular formula is C16H23NO2. The zero-order valence-corrected chi connectivity index (χ0v) is 12.2. The summed E-state index contributed by atoms with van der Waals surface area (Å²) in [7, 11) is 0. The molecule has 0 aromatic heterocycles. The zero-order valence-electron chi connectivity index (χ0n) is 12.2. The van der Waals surface area contributed by atoms with E-state index in [0.717, 1.165) is 30.9 Å². The Morgan fingerprint density at radius 3 is 2.84 bits per heavy atom. The lowest BCUT2D eigenvalue weighted by molar-refractivity contribution is 0.128. The van der Waals surface area contributed by atoms with Crippen LogP contribution in [0.15, 0.2) is 12.1 Å². The maximum atomic E-state index is 6.09. The van der Waals surface area contributed by atoms with E-state index in [-0.39, 0.29) is 17.7 Å². The van der Waals surface area contributed by atoms with E-state index in [1.807, 2.05) is 0 Å². The Morgan fingerprint density at radius 1 is 1.32 bits per heavy atom. The number of fused-ring (bicyclic) bond motifs is 3. The van der Waals surface area contributed by atoms with Gasteiger partial charge in [0.1, 0.15) is 11.7 Å². The molecule has 1 N–H and O–H groups in total. The van der Waals surface area contributed by atoms with Crippen molar-refractivity contribution in [3.63, 3.8) is 0 Å². The van der Waals surface area contributed by atoms with Crippen LogP contribution in [0.1, 0.15) is 51.3 Å². The maximum Gasteiger partial charge on any atom is 0.166 e. The van der Waals surface area contributed by atoms with E-state index in [1.54, 1.807) is 0 Å². The maximum absolute atomic E-state index is 6.09. The fraction of sp³-hybridized carbons (Fsp3) is 0.625. The van der Waals surface area contributed by atoms with E-state index in [1.165, 1.54) is 11.1 Å². The van der Waals surface area contributed by atoms with E-state index in [4.69, 9.17) is 9.47 Å². The lowest BCUT2D eigenvalue weighted by Crippen LogP contribution is -2.29. The summed E-state index contributed by atoms with van der Waals surface area (Å²) in [5.74, 6) is 1.93. The number of rotatable bonds is 3. The highest BCUT2D eigenvalue weighted by Crippen LogP contribution is 2.49. The monoisotopic (exact) mass is 261 g/mol. The number of benzene rings is 1. The van der Waals surface area contributed by atoms with Crippen LogP contribution in [0.3, 0.4) is 0 Å². The first-order valence-corrected chi connectivity index (χ1v) is 7.26. The number of hydrogen-bond acceptors (Lipinski definition) is 3. The van der Waals surface area contributed by atoms with Gasteiger partial charge in [0.2, 0.25) is 0 Å². The molecule has 3 nitrogen and oxygen atoms in total. The summed E-state index contributed by atoms with van der Waals surface area (Å²) in [6, 6.07) is 4.69. The molecule has 0 fully saturated rings. The van der Waals surface area contributed by atoms with Crippen molar-refractivity contribution >= 4 is 0 Å². The van der Waals surface area contributed by atoms with Crippen LogP contribution in [-0.2, 0) is 6.42 Å². The third kappa shape index (κ3) is 2.10. The summed E-state index contributed by atoms with van der Waals surface area (Å²) in [6.45, 7) is 9.58. The van der Waals surface area contributed by atoms with Crippen molar-refractivity contribution in [2.75, 3.05) is 6.54 Å². The van der Waals surface area contributed by atoms with Crippen LogP contribution in [0.2, 0.25) is 0 Å². The average Bonchev–Trinajstić information content (AvgIpc) is 2.82. The van der Waals surface area contributed by atoms with Gasteiger partial charge < -0.3 is 14.8 Å². The molecule has 0 radical (unpaired) electrons. The molecule has 2 atom stereocenters. The van der Waals surface area contributed by atoms with Crippen molar-refractivity contribution in [1.82, 2.24) is 5.32 Å². The summed E-state index contributed by atoms with van der Waals surface area (Å²) in [4.78, 5) is 0. The Bertz CT molecular complexity index is 496. The Hall–Kier alpha value is -1.22. The van der Waals surface area contributed by atoms with E-state index in [0.29, 0.717) is 0 Å². The van der Waals surface area contributed by atoms with Crippen molar-refractivity contribution in [3.05, 3.63) is 23.3 Å². The molecule has 1 aromatic carbocycles. The molecule has 1 aromatic rings. The summed E-state index contributed by atoms with van der Waals surface area (Å²) in [5.41, 5.74) is 2.41. The van der Waals surface area contributed by atoms with Gasteiger partial charge in [-0.1, -0.05) is 19.1 Å². The number of nitrogens with one attached hydrogen (secondary N) is 1. The molecule has 19 heavy (non-hydrogen) atoms. The quantitative estimate of drug-likeness (QED) is 0.906. The molecule has 2 aliphatic rings. The molecule has 0 spiro atoms. The summed E-state index contributed by atoms with van der Waals surface area (Å²) in [5, 5.41) is 3.57. The largest absolute Gasteiger partial charge is 0.484 e. The number of hydrogen-bond donors (Lipinski definition) is 1. The standard InChI is InChI=1S/C16H23NO2/c1-5-8-17-13-10(2)18-15-12(13)7-6-11-9-16(3,4)19-14(11)15/h6-7,10,13,17H,5,8-9H2,1-4H3. The van der Waals surface area contributed by atoms with Gasteiger partial charge in [-0.25, -0.2) is 0 Å². The molecule has 0 saturated heterocycles. The Kier molecular flexibility index (Phi) is 2.97. The van der Waals surface area contributed by atoms with Crippen LogP contribution >= 0.6 is 0 Å². The third-order valence-electron chi connectivity index (χ3n) is 3.94. The molecule has 3 rings (SSSR count). The highest BCUT2D eigenvalue weighted by atomic mass is 16.5. The highest BCUT2D eigenvalue weighted by molar-refractivity contribution is 5.57. The van der Waals surface area contributed by atoms with Crippen LogP contribution in [0.5, 0.6) is 11.5 Å². The Morgan fingerprint density at radius 2 is 2.11 bits per heavy atom. The first-order valence-electron chi connectivity index (χ1n) is 7.26. The fourth-order valence-corrected chi connectivity index (χ4v) is 3.09. The van der Waals surface area contributed by atoms with Gasteiger partial charge in [-0.3, -0.25) is 0 Å². The van der Waals surface area contributed by atoms with Gasteiger partial charge in [-0.05, 0) is 33.7 Å². The van der Waals surface area contributed by atoms with E-state index >= 15 is 0 Å². The predicted molar refractivity (Wildman–Crippen MR) is 76.0 cm³/mol. The first kappa shape index (κ1) is 12.8. The van der Waals surface area contributed by atoms with Gasteiger partial charge in [0.05, 0.1) is 6.04 Å². The van der Waals surface area contributed by atoms with Crippen molar-refractivity contribution in [3.8, 4) is 11.5 Å². The van der Waals surface area contributed by atoms with Crippen molar-refractivity contribution < 1.29 is 9.47 Å². The first-order chi connectivity index (χ1) is 9.02. The fourth-order valence-electron chi connectivity index (χ4n) is 3.09. The second-order valence-electron chi connectivity index (χ2n) is 6.27. The SMILES string of the molecule is CCCNC1c2ccc3c(c2OC1C)OC(C)(C)C3. The molecule has 0 bridgehead atoms. The normalized spacial score (nSPS) is 26.5. The Balaban J connectivity index is 1.95. The molecular weight excluding hydrogens is 238 g/mol. The van der Waals surface area contributed by atoms with Crippen LogP contribution in [0.4, 0.5) is 0 Å². The molecule has 3 heteroatoms. The smallest absolute Gasteiger partial charge is 0.166 e. The second kappa shape index (κ2) is 4.41. The van der Waals surface area contributed by atoms with Gasteiger partial charge in [-0.15, -0.1) is 0 Å². The minimum absolute atomic E-state index is 0.112. The van der Waals surface area contributed by atoms with Crippen molar-refractivity contribution in [2.24, 2.45) is 0 Å². The summed E-state index contributed by atoms with van der Waals surface area (Å²) >= 11 is 0. The van der Waals surface area contributed by atoms with Crippen LogP contribution in [0.25, 0.3) is 0 Å². The topological polar surface area (TPSA) is 30.5 Å². The lowest BCUT2D eigenvalue weighted by Gasteiger charge is -2.17. The summed E-state index contributed by atoms with van der Waals surface area (Å²) < 4.78 is 12.2. The molecule has 0 aliphatic carbocycles. The van der Waals surface area contributed by atoms with Crippen molar-refractivity contribution in [2.45, 2.75) is 58.3 Å². The molecule has 0 amide bonds. The molecule has 2 unspecified atom stereocenters. The van der Waals surface area contributed by atoms with Gasteiger partial charge >= 0.3 is 0 Å². The minimum atomic E-state index is -0.112. The van der Waals surface area contributed by atoms with Crippen molar-refractivity contribution in [1.29, 1.82) is 0 Å². The van der Waals surface area contributed by atoms with Gasteiger partial charge in [0, 0.05) is 17.5 Å². The van der Waals surface area contributed by atoms with Gasteiger partial charge in [-0.2, -0.15) is 0 Å².